The van der Waals surface area contributed by atoms with E-state index in [-0.39, 0.29) is 0 Å². The Balaban J connectivity index is 2.60. The summed E-state index contributed by atoms with van der Waals surface area (Å²) in [5, 5.41) is 0. The summed E-state index contributed by atoms with van der Waals surface area (Å²) in [5.41, 5.74) is 9.94. The lowest BCUT2D eigenvalue weighted by Gasteiger charge is -2.13. The quantitative estimate of drug-likeness (QED) is 0.841. The molecule has 2 aromatic rings. The summed E-state index contributed by atoms with van der Waals surface area (Å²) in [6, 6.07) is 12.0. The van der Waals surface area contributed by atoms with Gasteiger partial charge in [-0.15, -0.1) is 0 Å². The standard InChI is InChI=1S/C15H17NO2/c1-10-6-4-5-7-12(10)11-8-13(16)15(18-3)14(9-11)17-2/h4-9H,16H2,1-3H3. The van der Waals surface area contributed by atoms with Gasteiger partial charge in [-0.3, -0.25) is 0 Å². The number of hydrogen-bond donors (Lipinski definition) is 1. The maximum Gasteiger partial charge on any atom is 0.183 e. The van der Waals surface area contributed by atoms with Gasteiger partial charge in [0, 0.05) is 0 Å². The third kappa shape index (κ3) is 2.12. The Labute approximate surface area is 107 Å². The second kappa shape index (κ2) is 5.00. The summed E-state index contributed by atoms with van der Waals surface area (Å²) in [5.74, 6) is 1.23. The van der Waals surface area contributed by atoms with E-state index in [1.807, 2.05) is 24.3 Å². The molecule has 0 aliphatic rings. The minimum Gasteiger partial charge on any atom is -0.493 e. The van der Waals surface area contributed by atoms with Gasteiger partial charge in [0.15, 0.2) is 11.5 Å². The number of rotatable bonds is 3. The highest BCUT2D eigenvalue weighted by Gasteiger charge is 2.11. The molecule has 0 aromatic heterocycles. The minimum atomic E-state index is 0.579. The van der Waals surface area contributed by atoms with E-state index in [4.69, 9.17) is 15.2 Å². The molecule has 0 saturated heterocycles. The molecule has 94 valence electrons. The second-order valence-electron chi connectivity index (χ2n) is 4.12. The van der Waals surface area contributed by atoms with Crippen molar-refractivity contribution in [1.29, 1.82) is 0 Å². The Morgan fingerprint density at radius 1 is 1.00 bits per heavy atom. The maximum absolute atomic E-state index is 5.99. The first kappa shape index (κ1) is 12.3. The van der Waals surface area contributed by atoms with Crippen LogP contribution in [0.3, 0.4) is 0 Å². The fourth-order valence-corrected chi connectivity index (χ4v) is 2.05. The van der Waals surface area contributed by atoms with E-state index < -0.39 is 0 Å². The zero-order valence-electron chi connectivity index (χ0n) is 10.9. The molecule has 2 N–H and O–H groups in total. The van der Waals surface area contributed by atoms with Crippen molar-refractivity contribution in [2.75, 3.05) is 20.0 Å². The average molecular weight is 243 g/mol. The van der Waals surface area contributed by atoms with E-state index in [1.54, 1.807) is 14.2 Å². The van der Waals surface area contributed by atoms with E-state index in [0.717, 1.165) is 11.1 Å². The summed E-state index contributed by atoms with van der Waals surface area (Å²) in [7, 11) is 3.20. The van der Waals surface area contributed by atoms with Crippen LogP contribution in [0.25, 0.3) is 11.1 Å². The van der Waals surface area contributed by atoms with Crippen LogP contribution in [-0.2, 0) is 0 Å². The van der Waals surface area contributed by atoms with Crippen LogP contribution in [0.5, 0.6) is 11.5 Å². The van der Waals surface area contributed by atoms with Crippen molar-refractivity contribution < 1.29 is 9.47 Å². The van der Waals surface area contributed by atoms with Crippen LogP contribution < -0.4 is 15.2 Å². The Hall–Kier alpha value is -2.16. The van der Waals surface area contributed by atoms with Crippen LogP contribution in [0.4, 0.5) is 5.69 Å². The van der Waals surface area contributed by atoms with Gasteiger partial charge < -0.3 is 15.2 Å². The van der Waals surface area contributed by atoms with Gasteiger partial charge in [-0.2, -0.15) is 0 Å². The molecule has 18 heavy (non-hydrogen) atoms. The van der Waals surface area contributed by atoms with Crippen LogP contribution in [0.1, 0.15) is 5.56 Å². The molecule has 0 saturated carbocycles. The molecular formula is C15H17NO2. The lowest BCUT2D eigenvalue weighted by molar-refractivity contribution is 0.356. The zero-order valence-corrected chi connectivity index (χ0v) is 10.9. The van der Waals surface area contributed by atoms with Gasteiger partial charge in [0.1, 0.15) is 0 Å². The van der Waals surface area contributed by atoms with Gasteiger partial charge in [0.2, 0.25) is 0 Å². The monoisotopic (exact) mass is 243 g/mol. The topological polar surface area (TPSA) is 44.5 Å². The molecule has 0 fully saturated rings. The molecule has 0 radical (unpaired) electrons. The molecule has 0 amide bonds. The Morgan fingerprint density at radius 3 is 2.33 bits per heavy atom. The van der Waals surface area contributed by atoms with Crippen molar-refractivity contribution >= 4 is 5.69 Å². The normalized spacial score (nSPS) is 10.2. The predicted octanol–water partition coefficient (Wildman–Crippen LogP) is 3.26. The summed E-state index contributed by atoms with van der Waals surface area (Å²) < 4.78 is 10.6. The van der Waals surface area contributed by atoms with E-state index in [9.17, 15) is 0 Å². The van der Waals surface area contributed by atoms with Gasteiger partial charge in [-0.25, -0.2) is 0 Å². The summed E-state index contributed by atoms with van der Waals surface area (Å²) in [6.45, 7) is 2.07. The number of methoxy groups -OCH3 is 2. The molecule has 3 nitrogen and oxygen atoms in total. The third-order valence-electron chi connectivity index (χ3n) is 2.96. The van der Waals surface area contributed by atoms with Crippen molar-refractivity contribution in [2.45, 2.75) is 6.92 Å². The molecule has 0 bridgehead atoms. The summed E-state index contributed by atoms with van der Waals surface area (Å²) >= 11 is 0. The van der Waals surface area contributed by atoms with Crippen LogP contribution in [0.15, 0.2) is 36.4 Å². The first-order chi connectivity index (χ1) is 8.67. The highest BCUT2D eigenvalue weighted by Crippen LogP contribution is 2.38. The van der Waals surface area contributed by atoms with Gasteiger partial charge >= 0.3 is 0 Å². The van der Waals surface area contributed by atoms with E-state index >= 15 is 0 Å². The van der Waals surface area contributed by atoms with E-state index in [1.165, 1.54) is 5.56 Å². The number of nitrogens with two attached hydrogens (primary N) is 1. The van der Waals surface area contributed by atoms with Gasteiger partial charge in [0.25, 0.3) is 0 Å². The lowest BCUT2D eigenvalue weighted by Crippen LogP contribution is -1.97. The fraction of sp³-hybridized carbons (Fsp3) is 0.200. The van der Waals surface area contributed by atoms with Crippen molar-refractivity contribution in [3.8, 4) is 22.6 Å². The Bertz CT molecular complexity index is 564. The molecule has 0 aliphatic heterocycles. The van der Waals surface area contributed by atoms with Crippen molar-refractivity contribution in [3.63, 3.8) is 0 Å². The Kier molecular flexibility index (Phi) is 3.42. The largest absolute Gasteiger partial charge is 0.493 e. The first-order valence-electron chi connectivity index (χ1n) is 5.75. The molecule has 0 aliphatic carbocycles. The highest BCUT2D eigenvalue weighted by atomic mass is 16.5. The van der Waals surface area contributed by atoms with Crippen molar-refractivity contribution in [3.05, 3.63) is 42.0 Å². The number of aryl methyl sites for hydroxylation is 1. The first-order valence-corrected chi connectivity index (χ1v) is 5.75. The summed E-state index contributed by atoms with van der Waals surface area (Å²) in [6.07, 6.45) is 0. The highest BCUT2D eigenvalue weighted by molar-refractivity contribution is 5.76. The fourth-order valence-electron chi connectivity index (χ4n) is 2.05. The third-order valence-corrected chi connectivity index (χ3v) is 2.96. The average Bonchev–Trinajstić information content (AvgIpc) is 2.38. The number of anilines is 1. The number of nitrogen functional groups attached to an aromatic ring is 1. The van der Waals surface area contributed by atoms with Crippen LogP contribution >= 0.6 is 0 Å². The molecule has 0 unspecified atom stereocenters. The van der Waals surface area contributed by atoms with Crippen LogP contribution in [0, 0.1) is 6.92 Å². The van der Waals surface area contributed by atoms with Crippen LogP contribution in [-0.4, -0.2) is 14.2 Å². The van der Waals surface area contributed by atoms with Crippen molar-refractivity contribution in [1.82, 2.24) is 0 Å². The van der Waals surface area contributed by atoms with Gasteiger partial charge in [0.05, 0.1) is 19.9 Å². The maximum atomic E-state index is 5.99. The lowest BCUT2D eigenvalue weighted by atomic mass is 9.99. The minimum absolute atomic E-state index is 0.579. The molecule has 3 heteroatoms. The smallest absolute Gasteiger partial charge is 0.183 e. The number of benzene rings is 2. The second-order valence-corrected chi connectivity index (χ2v) is 4.12. The van der Waals surface area contributed by atoms with E-state index in [0.29, 0.717) is 17.2 Å². The van der Waals surface area contributed by atoms with Gasteiger partial charge in [-0.05, 0) is 35.7 Å². The van der Waals surface area contributed by atoms with E-state index in [2.05, 4.69) is 19.1 Å². The zero-order chi connectivity index (χ0) is 13.1. The number of hydrogen-bond acceptors (Lipinski definition) is 3. The van der Waals surface area contributed by atoms with Gasteiger partial charge in [-0.1, -0.05) is 24.3 Å². The molecular weight excluding hydrogens is 226 g/mol. The predicted molar refractivity (Wildman–Crippen MR) is 74.1 cm³/mol. The summed E-state index contributed by atoms with van der Waals surface area (Å²) in [4.78, 5) is 0. The SMILES string of the molecule is COc1cc(-c2ccccc2C)cc(N)c1OC. The molecule has 0 heterocycles. The number of ether oxygens (including phenoxy) is 2. The molecule has 0 atom stereocenters. The molecule has 2 aromatic carbocycles. The van der Waals surface area contributed by atoms with Crippen molar-refractivity contribution in [2.24, 2.45) is 0 Å². The molecule has 0 spiro atoms. The Morgan fingerprint density at radius 2 is 1.72 bits per heavy atom. The molecule has 2 rings (SSSR count). The van der Waals surface area contributed by atoms with Crippen LogP contribution in [0.2, 0.25) is 0 Å².